The van der Waals surface area contributed by atoms with Gasteiger partial charge in [0.2, 0.25) is 0 Å². The quantitative estimate of drug-likeness (QED) is 0.640. The zero-order valence-electron chi connectivity index (χ0n) is 7.12. The van der Waals surface area contributed by atoms with Crippen LogP contribution in [-0.2, 0) is 0 Å². The van der Waals surface area contributed by atoms with Gasteiger partial charge in [-0.05, 0) is 13.0 Å². The third kappa shape index (κ3) is 1.67. The first kappa shape index (κ1) is 9.26. The minimum Gasteiger partial charge on any atom is -0.506 e. The Morgan fingerprint density at radius 2 is 2.33 bits per heavy atom. The molecule has 0 aromatic heterocycles. The molecule has 1 N–H and O–H groups in total. The van der Waals surface area contributed by atoms with Crippen LogP contribution in [-0.4, -0.2) is 22.3 Å². The SMILES string of the molecule is C=C1C=CN(CCS)C(C)=C1O. The summed E-state index contributed by atoms with van der Waals surface area (Å²) in [4.78, 5) is 1.96. The lowest BCUT2D eigenvalue weighted by Gasteiger charge is -2.25. The van der Waals surface area contributed by atoms with Crippen LogP contribution >= 0.6 is 12.6 Å². The molecule has 0 saturated heterocycles. The Kier molecular flexibility index (Phi) is 2.87. The highest BCUT2D eigenvalue weighted by Gasteiger charge is 2.12. The molecule has 0 aromatic rings. The fourth-order valence-corrected chi connectivity index (χ4v) is 1.30. The topological polar surface area (TPSA) is 23.5 Å². The van der Waals surface area contributed by atoms with Crippen LogP contribution < -0.4 is 0 Å². The molecule has 0 unspecified atom stereocenters. The predicted molar refractivity (Wildman–Crippen MR) is 54.2 cm³/mol. The molecule has 0 amide bonds. The van der Waals surface area contributed by atoms with Gasteiger partial charge in [-0.3, -0.25) is 0 Å². The molecule has 12 heavy (non-hydrogen) atoms. The second-order valence-corrected chi connectivity index (χ2v) is 3.14. The molecule has 0 aromatic carbocycles. The molecule has 0 spiro atoms. The van der Waals surface area contributed by atoms with Gasteiger partial charge in [-0.2, -0.15) is 12.6 Å². The number of nitrogens with zero attached hydrogens (tertiary/aromatic N) is 1. The van der Waals surface area contributed by atoms with Gasteiger partial charge in [-0.25, -0.2) is 0 Å². The van der Waals surface area contributed by atoms with E-state index in [-0.39, 0.29) is 5.76 Å². The van der Waals surface area contributed by atoms with Crippen LogP contribution in [0.1, 0.15) is 6.92 Å². The first-order valence-electron chi connectivity index (χ1n) is 3.81. The number of hydrogen-bond acceptors (Lipinski definition) is 3. The number of thiol groups is 1. The van der Waals surface area contributed by atoms with Crippen LogP contribution in [0.25, 0.3) is 0 Å². The van der Waals surface area contributed by atoms with E-state index in [0.29, 0.717) is 5.57 Å². The van der Waals surface area contributed by atoms with Gasteiger partial charge in [0.05, 0.1) is 5.70 Å². The highest BCUT2D eigenvalue weighted by Crippen LogP contribution is 2.20. The maximum Gasteiger partial charge on any atom is 0.141 e. The van der Waals surface area contributed by atoms with E-state index in [0.717, 1.165) is 18.0 Å². The molecule has 0 fully saturated rings. The van der Waals surface area contributed by atoms with Crippen LogP contribution in [0.5, 0.6) is 0 Å². The number of hydrogen-bond donors (Lipinski definition) is 2. The fourth-order valence-electron chi connectivity index (χ4n) is 1.09. The molecule has 66 valence electrons. The van der Waals surface area contributed by atoms with E-state index in [1.807, 2.05) is 18.0 Å². The molecule has 0 saturated carbocycles. The van der Waals surface area contributed by atoms with E-state index >= 15 is 0 Å². The lowest BCUT2D eigenvalue weighted by molar-refractivity contribution is 0.373. The van der Waals surface area contributed by atoms with Crippen LogP contribution in [0, 0.1) is 0 Å². The van der Waals surface area contributed by atoms with Crippen molar-refractivity contribution < 1.29 is 5.11 Å². The minimum absolute atomic E-state index is 0.277. The molecular weight excluding hydrogens is 170 g/mol. The summed E-state index contributed by atoms with van der Waals surface area (Å²) in [5.41, 5.74) is 1.51. The van der Waals surface area contributed by atoms with Gasteiger partial charge in [0.1, 0.15) is 5.76 Å². The first-order chi connectivity index (χ1) is 5.66. The summed E-state index contributed by atoms with van der Waals surface area (Å²) in [6.07, 6.45) is 3.71. The average Bonchev–Trinajstić information content (AvgIpc) is 2.07. The second kappa shape index (κ2) is 3.72. The van der Waals surface area contributed by atoms with Crippen LogP contribution in [0.3, 0.4) is 0 Å². The zero-order chi connectivity index (χ0) is 9.14. The zero-order valence-corrected chi connectivity index (χ0v) is 8.01. The monoisotopic (exact) mass is 183 g/mol. The van der Waals surface area contributed by atoms with Crippen LogP contribution in [0.4, 0.5) is 0 Å². The molecule has 0 bridgehead atoms. The van der Waals surface area contributed by atoms with Gasteiger partial charge >= 0.3 is 0 Å². The van der Waals surface area contributed by atoms with Gasteiger partial charge < -0.3 is 10.0 Å². The largest absolute Gasteiger partial charge is 0.506 e. The molecule has 1 rings (SSSR count). The summed E-state index contributed by atoms with van der Waals surface area (Å²) in [6.45, 7) is 6.38. The summed E-state index contributed by atoms with van der Waals surface area (Å²) < 4.78 is 0. The van der Waals surface area contributed by atoms with Gasteiger partial charge in [-0.15, -0.1) is 0 Å². The predicted octanol–water partition coefficient (Wildman–Crippen LogP) is 2.09. The first-order valence-corrected chi connectivity index (χ1v) is 4.45. The second-order valence-electron chi connectivity index (χ2n) is 2.69. The molecule has 1 heterocycles. The summed E-state index contributed by atoms with van der Waals surface area (Å²) in [6, 6.07) is 0. The minimum atomic E-state index is 0.277. The van der Waals surface area contributed by atoms with Crippen molar-refractivity contribution in [2.75, 3.05) is 12.3 Å². The van der Waals surface area contributed by atoms with E-state index in [1.165, 1.54) is 0 Å². The maximum atomic E-state index is 9.51. The molecule has 1 aliphatic heterocycles. The van der Waals surface area contributed by atoms with Gasteiger partial charge in [0.25, 0.3) is 0 Å². The Hall–Kier alpha value is -0.830. The van der Waals surface area contributed by atoms with Gasteiger partial charge in [0, 0.05) is 24.1 Å². The smallest absolute Gasteiger partial charge is 0.141 e. The lowest BCUT2D eigenvalue weighted by atomic mass is 10.1. The summed E-state index contributed by atoms with van der Waals surface area (Å²) >= 11 is 4.12. The Morgan fingerprint density at radius 3 is 2.92 bits per heavy atom. The van der Waals surface area contributed by atoms with E-state index in [9.17, 15) is 5.11 Å². The molecule has 3 heteroatoms. The van der Waals surface area contributed by atoms with Gasteiger partial charge in [0.15, 0.2) is 0 Å². The van der Waals surface area contributed by atoms with E-state index in [1.54, 1.807) is 6.08 Å². The maximum absolute atomic E-state index is 9.51. The summed E-state index contributed by atoms with van der Waals surface area (Å²) in [5, 5.41) is 9.51. The normalized spacial score (nSPS) is 17.5. The van der Waals surface area contributed by atoms with E-state index in [4.69, 9.17) is 0 Å². The van der Waals surface area contributed by atoms with Crippen LogP contribution in [0.2, 0.25) is 0 Å². The van der Waals surface area contributed by atoms with Crippen molar-refractivity contribution in [3.63, 3.8) is 0 Å². The van der Waals surface area contributed by atoms with E-state index < -0.39 is 0 Å². The third-order valence-electron chi connectivity index (χ3n) is 1.87. The average molecular weight is 183 g/mol. The Bertz CT molecular complexity index is 255. The molecule has 0 aliphatic carbocycles. The Balaban J connectivity index is 2.81. The van der Waals surface area contributed by atoms with Crippen LogP contribution in [0.15, 0.2) is 35.9 Å². The molecular formula is C9H13NOS. The number of aliphatic hydroxyl groups excluding tert-OH is 1. The molecule has 0 atom stereocenters. The highest BCUT2D eigenvalue weighted by molar-refractivity contribution is 7.80. The van der Waals surface area contributed by atoms with Crippen molar-refractivity contribution >= 4 is 12.6 Å². The Morgan fingerprint density at radius 1 is 1.67 bits per heavy atom. The number of allylic oxidation sites excluding steroid dienone is 2. The Labute approximate surface area is 78.3 Å². The summed E-state index contributed by atoms with van der Waals surface area (Å²) in [5.74, 6) is 1.04. The van der Waals surface area contributed by atoms with Crippen molar-refractivity contribution in [2.24, 2.45) is 0 Å². The highest BCUT2D eigenvalue weighted by atomic mass is 32.1. The van der Waals surface area contributed by atoms with Crippen molar-refractivity contribution in [3.05, 3.63) is 35.9 Å². The fraction of sp³-hybridized carbons (Fsp3) is 0.333. The van der Waals surface area contributed by atoms with Gasteiger partial charge in [-0.1, -0.05) is 6.58 Å². The number of aliphatic hydroxyl groups is 1. The van der Waals surface area contributed by atoms with Crippen molar-refractivity contribution in [1.82, 2.24) is 4.90 Å². The van der Waals surface area contributed by atoms with Crippen molar-refractivity contribution in [2.45, 2.75) is 6.92 Å². The van der Waals surface area contributed by atoms with Crippen molar-refractivity contribution in [1.29, 1.82) is 0 Å². The lowest BCUT2D eigenvalue weighted by Crippen LogP contribution is -2.21. The summed E-state index contributed by atoms with van der Waals surface area (Å²) in [7, 11) is 0. The third-order valence-corrected chi connectivity index (χ3v) is 2.07. The number of rotatable bonds is 2. The molecule has 2 nitrogen and oxygen atoms in total. The van der Waals surface area contributed by atoms with E-state index in [2.05, 4.69) is 19.2 Å². The van der Waals surface area contributed by atoms with Crippen molar-refractivity contribution in [3.8, 4) is 0 Å². The standard InChI is InChI=1S/C9H13NOS/c1-7-3-4-10(5-6-12)8(2)9(7)11/h3-4,11-12H,1,5-6H2,2H3. The molecule has 1 aliphatic rings. The molecule has 0 radical (unpaired) electrons.